The molecule has 0 radical (unpaired) electrons. The van der Waals surface area contributed by atoms with Crippen molar-refractivity contribution >= 4 is 6.03 Å². The van der Waals surface area contributed by atoms with Gasteiger partial charge in [0.2, 0.25) is 0 Å². The molecule has 2 aliphatic heterocycles. The number of azide groups is 1. The van der Waals surface area contributed by atoms with Crippen molar-refractivity contribution in [3.63, 3.8) is 0 Å². The largest absolute Gasteiger partial charge is 0.379 e. The summed E-state index contributed by atoms with van der Waals surface area (Å²) in [6.07, 6.45) is 3.35. The van der Waals surface area contributed by atoms with Crippen molar-refractivity contribution in [1.82, 2.24) is 10.2 Å². The van der Waals surface area contributed by atoms with Crippen LogP contribution in [0.25, 0.3) is 10.4 Å². The number of ether oxygens (including phenoxy) is 2. The molecule has 0 bridgehead atoms. The van der Waals surface area contributed by atoms with Gasteiger partial charge in [0.25, 0.3) is 0 Å². The summed E-state index contributed by atoms with van der Waals surface area (Å²) < 4.78 is 11.5. The second-order valence-electron chi connectivity index (χ2n) is 5.69. The quantitative estimate of drug-likeness (QED) is 0.337. The van der Waals surface area contributed by atoms with E-state index < -0.39 is 6.23 Å². The average Bonchev–Trinajstić information content (AvgIpc) is 2.91. The molecule has 2 amide bonds. The van der Waals surface area contributed by atoms with Crippen molar-refractivity contribution in [2.75, 3.05) is 13.2 Å². The standard InChI is InChI=1S/C15H23N5O3/c1-4-5-6-22-9-13-12(18-19-16)7-14(23-13)20-8-10(2)11(3)17-15(20)21/h8,12-14H,3-7,9H2,1-2H3,(H,17,21)/t12?,13-,14-/m1/s1. The first-order valence-corrected chi connectivity index (χ1v) is 7.81. The van der Waals surface area contributed by atoms with Crippen LogP contribution in [0.2, 0.25) is 0 Å². The van der Waals surface area contributed by atoms with Gasteiger partial charge in [0.1, 0.15) is 6.23 Å². The third-order valence-corrected chi connectivity index (χ3v) is 3.94. The van der Waals surface area contributed by atoms with Gasteiger partial charge in [-0.2, -0.15) is 0 Å². The van der Waals surface area contributed by atoms with Crippen LogP contribution in [0.3, 0.4) is 0 Å². The Hall–Kier alpha value is -2.02. The molecule has 1 unspecified atom stereocenters. The number of nitrogens with zero attached hydrogens (tertiary/aromatic N) is 4. The van der Waals surface area contributed by atoms with E-state index in [2.05, 4.69) is 28.8 Å². The van der Waals surface area contributed by atoms with Gasteiger partial charge in [0.05, 0.1) is 18.8 Å². The summed E-state index contributed by atoms with van der Waals surface area (Å²) in [4.78, 5) is 16.5. The number of allylic oxidation sites excluding steroid dienone is 1. The number of hydrogen-bond donors (Lipinski definition) is 1. The number of unbranched alkanes of at least 4 members (excludes halogenated alkanes) is 1. The summed E-state index contributed by atoms with van der Waals surface area (Å²) in [5, 5.41) is 6.47. The molecule has 1 fully saturated rings. The minimum atomic E-state index is -0.478. The Morgan fingerprint density at radius 3 is 3.13 bits per heavy atom. The van der Waals surface area contributed by atoms with E-state index >= 15 is 0 Å². The molecule has 0 spiro atoms. The molecule has 126 valence electrons. The minimum Gasteiger partial charge on any atom is -0.379 e. The number of carbonyl (C=O) groups is 1. The van der Waals surface area contributed by atoms with Gasteiger partial charge in [-0.05, 0) is 24.4 Å². The molecule has 8 nitrogen and oxygen atoms in total. The van der Waals surface area contributed by atoms with E-state index in [0.29, 0.717) is 25.3 Å². The first-order chi connectivity index (χ1) is 11.1. The molecule has 23 heavy (non-hydrogen) atoms. The Morgan fingerprint density at radius 1 is 1.65 bits per heavy atom. The van der Waals surface area contributed by atoms with Gasteiger partial charge in [0.15, 0.2) is 0 Å². The maximum Gasteiger partial charge on any atom is 0.327 e. The first kappa shape index (κ1) is 17.3. The van der Waals surface area contributed by atoms with E-state index in [9.17, 15) is 4.79 Å². The topological polar surface area (TPSA) is 99.6 Å². The van der Waals surface area contributed by atoms with Crippen molar-refractivity contribution in [3.8, 4) is 0 Å². The SMILES string of the molecule is C=C1NC(=O)N([C@H]2CC(N=[N+]=[N-])[C@@H](COCCCC)O2)C=C1C. The highest BCUT2D eigenvalue weighted by Crippen LogP contribution is 2.29. The van der Waals surface area contributed by atoms with Crippen LogP contribution >= 0.6 is 0 Å². The van der Waals surface area contributed by atoms with Gasteiger partial charge in [-0.15, -0.1) is 0 Å². The Morgan fingerprint density at radius 2 is 2.43 bits per heavy atom. The van der Waals surface area contributed by atoms with E-state index in [1.807, 2.05) is 6.92 Å². The van der Waals surface area contributed by atoms with Crippen molar-refractivity contribution < 1.29 is 14.3 Å². The zero-order valence-electron chi connectivity index (χ0n) is 13.6. The van der Waals surface area contributed by atoms with Gasteiger partial charge >= 0.3 is 6.03 Å². The molecular weight excluding hydrogens is 298 g/mol. The molecule has 3 atom stereocenters. The van der Waals surface area contributed by atoms with Gasteiger partial charge in [-0.1, -0.05) is 25.0 Å². The predicted octanol–water partition coefficient (Wildman–Crippen LogP) is 3.04. The van der Waals surface area contributed by atoms with Gasteiger partial charge < -0.3 is 14.8 Å². The highest BCUT2D eigenvalue weighted by Gasteiger charge is 2.40. The Bertz CT molecular complexity index is 541. The monoisotopic (exact) mass is 321 g/mol. The van der Waals surface area contributed by atoms with Crippen molar-refractivity contribution in [2.24, 2.45) is 5.11 Å². The van der Waals surface area contributed by atoms with Crippen LogP contribution in [0.1, 0.15) is 33.1 Å². The molecule has 1 saturated heterocycles. The smallest absolute Gasteiger partial charge is 0.327 e. The maximum absolute atomic E-state index is 12.1. The normalized spacial score (nSPS) is 27.5. The Labute approximate surface area is 135 Å². The molecule has 2 aliphatic rings. The van der Waals surface area contributed by atoms with Crippen molar-refractivity contribution in [3.05, 3.63) is 34.5 Å². The van der Waals surface area contributed by atoms with Gasteiger partial charge in [0, 0.05) is 29.8 Å². The zero-order valence-corrected chi connectivity index (χ0v) is 13.6. The number of carbonyl (C=O) groups excluding carboxylic acids is 1. The summed E-state index contributed by atoms with van der Waals surface area (Å²) in [6, 6.07) is -0.643. The van der Waals surface area contributed by atoms with Crippen molar-refractivity contribution in [1.29, 1.82) is 0 Å². The summed E-state index contributed by atoms with van der Waals surface area (Å²) in [5.41, 5.74) is 10.2. The molecule has 0 aliphatic carbocycles. The lowest BCUT2D eigenvalue weighted by molar-refractivity contribution is -0.0540. The number of amides is 2. The summed E-state index contributed by atoms with van der Waals surface area (Å²) >= 11 is 0. The number of rotatable bonds is 7. The van der Waals surface area contributed by atoms with Crippen LogP contribution < -0.4 is 5.32 Å². The molecule has 0 saturated carbocycles. The number of urea groups is 1. The van der Waals surface area contributed by atoms with Crippen LogP contribution in [0.5, 0.6) is 0 Å². The Kier molecular flexibility index (Phi) is 6.04. The van der Waals surface area contributed by atoms with Gasteiger partial charge in [-0.3, -0.25) is 4.90 Å². The second kappa shape index (κ2) is 8.01. The molecule has 1 N–H and O–H groups in total. The first-order valence-electron chi connectivity index (χ1n) is 7.81. The molecule has 2 rings (SSSR count). The molecule has 8 heteroatoms. The van der Waals surface area contributed by atoms with Crippen LogP contribution in [0.15, 0.2) is 29.2 Å². The van der Waals surface area contributed by atoms with Crippen LogP contribution in [0, 0.1) is 0 Å². The Balaban J connectivity index is 2.02. The van der Waals surface area contributed by atoms with E-state index in [4.69, 9.17) is 15.0 Å². The van der Waals surface area contributed by atoms with E-state index in [1.54, 1.807) is 6.20 Å². The van der Waals surface area contributed by atoms with E-state index in [-0.39, 0.29) is 18.2 Å². The summed E-state index contributed by atoms with van der Waals surface area (Å²) in [7, 11) is 0. The highest BCUT2D eigenvalue weighted by molar-refractivity contribution is 5.80. The van der Waals surface area contributed by atoms with E-state index in [1.165, 1.54) is 4.90 Å². The maximum atomic E-state index is 12.1. The third-order valence-electron chi connectivity index (χ3n) is 3.94. The van der Waals surface area contributed by atoms with Crippen LogP contribution in [-0.4, -0.2) is 42.5 Å². The number of nitrogens with one attached hydrogen (secondary N) is 1. The zero-order chi connectivity index (χ0) is 16.8. The van der Waals surface area contributed by atoms with Gasteiger partial charge in [-0.25, -0.2) is 4.79 Å². The van der Waals surface area contributed by atoms with E-state index in [0.717, 1.165) is 18.4 Å². The lowest BCUT2D eigenvalue weighted by Gasteiger charge is -2.30. The third kappa shape index (κ3) is 4.25. The minimum absolute atomic E-state index is 0.294. The highest BCUT2D eigenvalue weighted by atomic mass is 16.6. The molecular formula is C15H23N5O3. The molecule has 2 heterocycles. The fourth-order valence-electron chi connectivity index (χ4n) is 2.52. The van der Waals surface area contributed by atoms with Crippen LogP contribution in [-0.2, 0) is 9.47 Å². The lowest BCUT2D eigenvalue weighted by atomic mass is 10.1. The second-order valence-corrected chi connectivity index (χ2v) is 5.69. The number of hydrogen-bond acceptors (Lipinski definition) is 4. The predicted molar refractivity (Wildman–Crippen MR) is 85.2 cm³/mol. The average molecular weight is 321 g/mol. The fourth-order valence-corrected chi connectivity index (χ4v) is 2.52. The summed E-state index contributed by atoms with van der Waals surface area (Å²) in [5.74, 6) is 0. The molecule has 0 aromatic heterocycles. The molecule has 0 aromatic rings. The van der Waals surface area contributed by atoms with Crippen LogP contribution in [0.4, 0.5) is 4.79 Å². The van der Waals surface area contributed by atoms with Crippen molar-refractivity contribution in [2.45, 2.75) is 51.5 Å². The summed E-state index contributed by atoms with van der Waals surface area (Å²) in [6.45, 7) is 8.72. The lowest BCUT2D eigenvalue weighted by Crippen LogP contribution is -2.45. The molecule has 0 aromatic carbocycles. The fraction of sp³-hybridized carbons (Fsp3) is 0.667.